The molecule has 2 aromatic carbocycles. The van der Waals surface area contributed by atoms with E-state index < -0.39 is 0 Å². The molecular formula is C30H27FN8O2. The predicted octanol–water partition coefficient (Wildman–Crippen LogP) is 3.59. The summed E-state index contributed by atoms with van der Waals surface area (Å²) in [5.41, 5.74) is 4.63. The van der Waals surface area contributed by atoms with Gasteiger partial charge in [-0.05, 0) is 36.4 Å². The highest BCUT2D eigenvalue weighted by atomic mass is 19.1. The Morgan fingerprint density at radius 1 is 1.07 bits per heavy atom. The number of ether oxygens (including phenoxy) is 1. The minimum Gasteiger partial charge on any atom is -0.493 e. The van der Waals surface area contributed by atoms with Gasteiger partial charge in [-0.15, -0.1) is 10.2 Å². The van der Waals surface area contributed by atoms with Crippen LogP contribution in [0.4, 0.5) is 4.39 Å². The monoisotopic (exact) mass is 550 g/mol. The Hall–Kier alpha value is -4.90. The first-order valence-electron chi connectivity index (χ1n) is 13.5. The van der Waals surface area contributed by atoms with Crippen LogP contribution in [0.25, 0.3) is 34.0 Å². The van der Waals surface area contributed by atoms with E-state index in [0.29, 0.717) is 48.1 Å². The highest BCUT2D eigenvalue weighted by Gasteiger charge is 2.29. The number of carbonyl (C=O) groups is 1. The molecule has 5 heterocycles. The van der Waals surface area contributed by atoms with Crippen molar-refractivity contribution < 1.29 is 13.9 Å². The molecule has 1 saturated heterocycles. The summed E-state index contributed by atoms with van der Waals surface area (Å²) in [7, 11) is 0. The summed E-state index contributed by atoms with van der Waals surface area (Å²) in [5.74, 6) is 1.26. The molecule has 10 nitrogen and oxygen atoms in total. The van der Waals surface area contributed by atoms with Gasteiger partial charge in [-0.1, -0.05) is 36.1 Å². The van der Waals surface area contributed by atoms with Crippen molar-refractivity contribution >= 4 is 11.6 Å². The second kappa shape index (κ2) is 10.3. The molecule has 5 aromatic rings. The van der Waals surface area contributed by atoms with Gasteiger partial charge in [-0.2, -0.15) is 0 Å². The fourth-order valence-electron chi connectivity index (χ4n) is 5.64. The number of benzene rings is 2. The highest BCUT2D eigenvalue weighted by molar-refractivity contribution is 5.87. The largest absolute Gasteiger partial charge is 0.493 e. The number of halogens is 1. The fraction of sp³-hybridized carbons (Fsp3) is 0.233. The van der Waals surface area contributed by atoms with Crippen LogP contribution in [0.2, 0.25) is 0 Å². The van der Waals surface area contributed by atoms with Crippen molar-refractivity contribution in [1.29, 1.82) is 0 Å². The van der Waals surface area contributed by atoms with Crippen LogP contribution in [0.1, 0.15) is 11.5 Å². The summed E-state index contributed by atoms with van der Waals surface area (Å²) in [6.45, 7) is 8.10. The molecule has 7 rings (SSSR count). The lowest BCUT2D eigenvalue weighted by molar-refractivity contribution is -0.127. The molecule has 41 heavy (non-hydrogen) atoms. The maximum atomic E-state index is 14.4. The number of rotatable bonds is 6. The zero-order chi connectivity index (χ0) is 27.9. The number of amides is 1. The summed E-state index contributed by atoms with van der Waals surface area (Å²) in [6, 6.07) is 16.3. The van der Waals surface area contributed by atoms with Gasteiger partial charge in [0.25, 0.3) is 0 Å². The number of piperazine rings is 1. The molecule has 0 radical (unpaired) electrons. The second-order valence-corrected chi connectivity index (χ2v) is 10.2. The van der Waals surface area contributed by atoms with E-state index in [0.717, 1.165) is 36.5 Å². The summed E-state index contributed by atoms with van der Waals surface area (Å²) < 4.78 is 23.8. The number of carbonyl (C=O) groups excluding carboxylic acids is 1. The summed E-state index contributed by atoms with van der Waals surface area (Å²) in [5, 5.41) is 12.7. The van der Waals surface area contributed by atoms with Gasteiger partial charge in [0, 0.05) is 55.3 Å². The van der Waals surface area contributed by atoms with E-state index in [9.17, 15) is 9.18 Å². The first kappa shape index (κ1) is 25.1. The maximum absolute atomic E-state index is 14.4. The van der Waals surface area contributed by atoms with Gasteiger partial charge in [0.05, 0.1) is 24.7 Å². The van der Waals surface area contributed by atoms with Crippen molar-refractivity contribution in [2.24, 2.45) is 0 Å². The SMILES string of the molecule is C=CC(=O)N1CCN(CC2COc3cc(-c4nc5ccc(-n6ccnn6)nn5c4-c4cccc(F)c4)ccc32)CC1. The molecule has 3 aromatic heterocycles. The van der Waals surface area contributed by atoms with Gasteiger partial charge in [0.15, 0.2) is 11.5 Å². The van der Waals surface area contributed by atoms with E-state index in [-0.39, 0.29) is 17.6 Å². The molecule has 1 atom stereocenters. The Morgan fingerprint density at radius 3 is 2.73 bits per heavy atom. The van der Waals surface area contributed by atoms with Gasteiger partial charge >= 0.3 is 0 Å². The zero-order valence-corrected chi connectivity index (χ0v) is 22.2. The zero-order valence-electron chi connectivity index (χ0n) is 22.2. The lowest BCUT2D eigenvalue weighted by atomic mass is 9.97. The first-order valence-corrected chi connectivity index (χ1v) is 13.5. The number of imidazole rings is 1. The van der Waals surface area contributed by atoms with Crippen molar-refractivity contribution in [3.63, 3.8) is 0 Å². The molecule has 0 saturated carbocycles. The minimum atomic E-state index is -0.342. The third-order valence-corrected chi connectivity index (χ3v) is 7.72. The number of hydrogen-bond donors (Lipinski definition) is 0. The second-order valence-electron chi connectivity index (χ2n) is 10.2. The molecule has 0 bridgehead atoms. The Kier molecular flexibility index (Phi) is 6.27. The fourth-order valence-corrected chi connectivity index (χ4v) is 5.64. The van der Waals surface area contributed by atoms with Crippen LogP contribution in [-0.4, -0.2) is 84.6 Å². The van der Waals surface area contributed by atoms with E-state index >= 15 is 0 Å². The van der Waals surface area contributed by atoms with E-state index in [1.165, 1.54) is 18.2 Å². The van der Waals surface area contributed by atoms with Crippen molar-refractivity contribution in [2.45, 2.75) is 5.92 Å². The topological polar surface area (TPSA) is 93.7 Å². The van der Waals surface area contributed by atoms with Crippen molar-refractivity contribution in [3.05, 3.63) is 91.0 Å². The molecule has 0 N–H and O–H groups in total. The van der Waals surface area contributed by atoms with Gasteiger partial charge in [-0.3, -0.25) is 9.69 Å². The normalized spacial score (nSPS) is 17.0. The highest BCUT2D eigenvalue weighted by Crippen LogP contribution is 2.40. The number of nitrogens with zero attached hydrogens (tertiary/aromatic N) is 8. The molecule has 0 aliphatic carbocycles. The van der Waals surface area contributed by atoms with Crippen molar-refractivity contribution in [2.75, 3.05) is 39.3 Å². The summed E-state index contributed by atoms with van der Waals surface area (Å²) >= 11 is 0. The van der Waals surface area contributed by atoms with E-state index in [2.05, 4.69) is 27.9 Å². The molecule has 2 aliphatic heterocycles. The van der Waals surface area contributed by atoms with E-state index in [4.69, 9.17) is 14.8 Å². The maximum Gasteiger partial charge on any atom is 0.246 e. The summed E-state index contributed by atoms with van der Waals surface area (Å²) in [4.78, 5) is 21.0. The Bertz CT molecular complexity index is 1760. The Labute approximate surface area is 235 Å². The van der Waals surface area contributed by atoms with Crippen LogP contribution in [0.5, 0.6) is 5.75 Å². The van der Waals surface area contributed by atoms with Crippen molar-refractivity contribution in [1.82, 2.24) is 39.4 Å². The minimum absolute atomic E-state index is 0.0129. The molecular weight excluding hydrogens is 523 g/mol. The molecule has 0 spiro atoms. The van der Waals surface area contributed by atoms with Crippen LogP contribution in [-0.2, 0) is 4.79 Å². The van der Waals surface area contributed by atoms with Gasteiger partial charge in [0.2, 0.25) is 5.91 Å². The van der Waals surface area contributed by atoms with Crippen LogP contribution in [0.15, 0.2) is 79.6 Å². The molecule has 11 heteroatoms. The molecule has 206 valence electrons. The predicted molar refractivity (Wildman–Crippen MR) is 150 cm³/mol. The molecule has 1 amide bonds. The molecule has 2 aliphatic rings. The third kappa shape index (κ3) is 4.63. The smallest absolute Gasteiger partial charge is 0.246 e. The van der Waals surface area contributed by atoms with Gasteiger partial charge < -0.3 is 9.64 Å². The van der Waals surface area contributed by atoms with E-state index in [1.54, 1.807) is 27.7 Å². The van der Waals surface area contributed by atoms with E-state index in [1.807, 2.05) is 35.2 Å². The molecule has 1 unspecified atom stereocenters. The number of fused-ring (bicyclic) bond motifs is 2. The number of aromatic nitrogens is 6. The first-order chi connectivity index (χ1) is 20.1. The average molecular weight is 551 g/mol. The van der Waals surface area contributed by atoms with Crippen LogP contribution >= 0.6 is 0 Å². The average Bonchev–Trinajstić information content (AvgIpc) is 3.76. The quantitative estimate of drug-likeness (QED) is 0.298. The van der Waals surface area contributed by atoms with Crippen molar-refractivity contribution in [3.8, 4) is 34.1 Å². The van der Waals surface area contributed by atoms with Crippen LogP contribution in [0.3, 0.4) is 0 Å². The Morgan fingerprint density at radius 2 is 1.95 bits per heavy atom. The van der Waals surface area contributed by atoms with Gasteiger partial charge in [-0.25, -0.2) is 18.6 Å². The number of hydrogen-bond acceptors (Lipinski definition) is 7. The standard InChI is InChI=1S/C30H27FN8O2/c1-2-28(40)37-14-12-36(13-15-37)18-22-19-41-25-17-20(6-7-24(22)25)29-30(21-4-3-5-23(31)16-21)39-26(33-29)8-9-27(34-39)38-11-10-32-35-38/h2-11,16-17,22H,1,12-15,18-19H2. The lowest BCUT2D eigenvalue weighted by Crippen LogP contribution is -2.49. The molecule has 1 fully saturated rings. The summed E-state index contributed by atoms with van der Waals surface area (Å²) in [6.07, 6.45) is 4.67. The lowest BCUT2D eigenvalue weighted by Gasteiger charge is -2.35. The third-order valence-electron chi connectivity index (χ3n) is 7.72. The van der Waals surface area contributed by atoms with Gasteiger partial charge in [0.1, 0.15) is 17.3 Å². The Balaban J connectivity index is 1.21. The van der Waals surface area contributed by atoms with Crippen LogP contribution in [0, 0.1) is 5.82 Å². The van der Waals surface area contributed by atoms with Crippen LogP contribution < -0.4 is 4.74 Å².